The number of aromatic nitrogens is 1. The largest absolute Gasteiger partial charge is 0.456 e. The number of fused-ring (bicyclic) bond motifs is 3. The van der Waals surface area contributed by atoms with Crippen LogP contribution < -0.4 is 0 Å². The highest BCUT2D eigenvalue weighted by molar-refractivity contribution is 6.11. The molecule has 0 unspecified atom stereocenters. The Hall–Kier alpha value is -3.12. The Balaban J connectivity index is 1.81. The third-order valence-corrected chi connectivity index (χ3v) is 5.76. The van der Waals surface area contributed by atoms with Crippen molar-refractivity contribution in [2.24, 2.45) is 0 Å². The van der Waals surface area contributed by atoms with Crippen LogP contribution >= 0.6 is 0 Å². The van der Waals surface area contributed by atoms with Crippen molar-refractivity contribution >= 4 is 27.6 Å². The van der Waals surface area contributed by atoms with Crippen molar-refractivity contribution in [2.75, 3.05) is 0 Å². The van der Waals surface area contributed by atoms with Gasteiger partial charge in [-0.25, -0.2) is 4.85 Å². The van der Waals surface area contributed by atoms with Crippen molar-refractivity contribution in [1.82, 2.24) is 4.98 Å². The molecule has 3 heteroatoms. The second kappa shape index (κ2) is 6.55. The van der Waals surface area contributed by atoms with Gasteiger partial charge in [0.2, 0.25) is 0 Å². The number of hydrogen-bond donors (Lipinski definition) is 0. The topological polar surface area (TPSA) is 30.4 Å². The Morgan fingerprint density at radius 3 is 2.52 bits per heavy atom. The molecule has 2 aromatic carbocycles. The second-order valence-corrected chi connectivity index (χ2v) is 7.32. The van der Waals surface area contributed by atoms with Gasteiger partial charge in [0.05, 0.1) is 12.3 Å². The fourth-order valence-electron chi connectivity index (χ4n) is 4.48. The van der Waals surface area contributed by atoms with E-state index in [1.165, 1.54) is 19.3 Å². The molecule has 0 aliphatic heterocycles. The Labute approximate surface area is 158 Å². The molecular weight excluding hydrogens is 332 g/mol. The molecule has 0 amide bonds. The zero-order chi connectivity index (χ0) is 18.2. The van der Waals surface area contributed by atoms with E-state index in [0.717, 1.165) is 57.3 Å². The van der Waals surface area contributed by atoms with E-state index in [-0.39, 0.29) is 0 Å². The molecule has 0 bridgehead atoms. The van der Waals surface area contributed by atoms with Gasteiger partial charge in [0.25, 0.3) is 0 Å². The summed E-state index contributed by atoms with van der Waals surface area (Å²) < 4.78 is 6.48. The Morgan fingerprint density at radius 2 is 1.74 bits per heavy atom. The van der Waals surface area contributed by atoms with Crippen LogP contribution in [0.2, 0.25) is 0 Å². The Morgan fingerprint density at radius 1 is 0.889 bits per heavy atom. The normalized spacial score (nSPS) is 15.2. The summed E-state index contributed by atoms with van der Waals surface area (Å²) in [5, 5.41) is 2.21. The number of nitrogens with zero attached hydrogens (tertiary/aromatic N) is 2. The summed E-state index contributed by atoms with van der Waals surface area (Å²) in [6.45, 7) is 7.66. The molecule has 2 heterocycles. The summed E-state index contributed by atoms with van der Waals surface area (Å²) in [6.07, 6.45) is 7.86. The van der Waals surface area contributed by atoms with Gasteiger partial charge in [-0.1, -0.05) is 49.6 Å². The molecule has 27 heavy (non-hydrogen) atoms. The summed E-state index contributed by atoms with van der Waals surface area (Å²) >= 11 is 0. The number of rotatable bonds is 2. The maximum absolute atomic E-state index is 7.66. The molecule has 0 radical (unpaired) electrons. The van der Waals surface area contributed by atoms with Gasteiger partial charge in [-0.15, -0.1) is 0 Å². The summed E-state index contributed by atoms with van der Waals surface area (Å²) in [6, 6.07) is 16.2. The van der Waals surface area contributed by atoms with Crippen molar-refractivity contribution in [3.63, 3.8) is 0 Å². The van der Waals surface area contributed by atoms with Crippen molar-refractivity contribution in [3.8, 4) is 11.3 Å². The standard InChI is InChI=1S/C24H20N2O/c1-25-21-14-13-18-17-10-7-11-19(20-12-5-6-15-26-20)23(17)27-24(18)22(21)16-8-3-2-4-9-16/h5-7,10-16H,2-4,8-9H2. The van der Waals surface area contributed by atoms with Crippen LogP contribution in [-0.4, -0.2) is 4.98 Å². The Bertz CT molecular complexity index is 1160. The highest BCUT2D eigenvalue weighted by atomic mass is 16.3. The lowest BCUT2D eigenvalue weighted by atomic mass is 9.82. The first-order valence-electron chi connectivity index (χ1n) is 9.64. The van der Waals surface area contributed by atoms with E-state index < -0.39 is 0 Å². The number of benzene rings is 2. The van der Waals surface area contributed by atoms with Crippen molar-refractivity contribution < 1.29 is 4.42 Å². The summed E-state index contributed by atoms with van der Waals surface area (Å²) in [4.78, 5) is 8.33. The van der Waals surface area contributed by atoms with Crippen LogP contribution in [-0.2, 0) is 0 Å². The van der Waals surface area contributed by atoms with E-state index in [1.807, 2.05) is 30.3 Å². The lowest BCUT2D eigenvalue weighted by Crippen LogP contribution is -2.04. The number of furan rings is 1. The minimum Gasteiger partial charge on any atom is -0.456 e. The molecule has 0 saturated heterocycles. The van der Waals surface area contributed by atoms with Gasteiger partial charge < -0.3 is 4.42 Å². The SMILES string of the molecule is [C-]#[N+]c1ccc2c(oc3c(-c4ccccn4)cccc32)c1C1CCCCC1. The molecule has 0 spiro atoms. The molecule has 4 aromatic rings. The molecule has 0 atom stereocenters. The molecule has 5 rings (SSSR count). The molecule has 0 N–H and O–H groups in total. The molecule has 3 nitrogen and oxygen atoms in total. The number of hydrogen-bond acceptors (Lipinski definition) is 2. The van der Waals surface area contributed by atoms with Crippen LogP contribution in [0.5, 0.6) is 0 Å². The first kappa shape index (κ1) is 16.1. The highest BCUT2D eigenvalue weighted by Gasteiger charge is 2.24. The van der Waals surface area contributed by atoms with Crippen molar-refractivity contribution in [1.29, 1.82) is 0 Å². The quantitative estimate of drug-likeness (QED) is 0.356. The first-order valence-corrected chi connectivity index (χ1v) is 9.64. The monoisotopic (exact) mass is 352 g/mol. The van der Waals surface area contributed by atoms with Crippen molar-refractivity contribution in [2.45, 2.75) is 38.0 Å². The van der Waals surface area contributed by atoms with E-state index in [9.17, 15) is 0 Å². The fourth-order valence-corrected chi connectivity index (χ4v) is 4.48. The molecule has 1 fully saturated rings. The van der Waals surface area contributed by atoms with Crippen molar-refractivity contribution in [3.05, 3.63) is 71.7 Å². The molecular formula is C24H20N2O. The highest BCUT2D eigenvalue weighted by Crippen LogP contribution is 2.45. The summed E-state index contributed by atoms with van der Waals surface area (Å²) in [7, 11) is 0. The average molecular weight is 352 g/mol. The van der Waals surface area contributed by atoms with E-state index in [1.54, 1.807) is 6.20 Å². The zero-order valence-electron chi connectivity index (χ0n) is 15.1. The molecule has 132 valence electrons. The fraction of sp³-hybridized carbons (Fsp3) is 0.250. The zero-order valence-corrected chi connectivity index (χ0v) is 15.1. The minimum absolute atomic E-state index is 0.422. The predicted molar refractivity (Wildman–Crippen MR) is 109 cm³/mol. The van der Waals surface area contributed by atoms with Gasteiger partial charge in [-0.05, 0) is 37.0 Å². The third-order valence-electron chi connectivity index (χ3n) is 5.76. The van der Waals surface area contributed by atoms with Crippen LogP contribution in [0.3, 0.4) is 0 Å². The minimum atomic E-state index is 0.422. The second-order valence-electron chi connectivity index (χ2n) is 7.32. The van der Waals surface area contributed by atoms with Gasteiger partial charge in [0.15, 0.2) is 5.69 Å². The van der Waals surface area contributed by atoms with Crippen LogP contribution in [0.25, 0.3) is 38.0 Å². The lowest BCUT2D eigenvalue weighted by molar-refractivity contribution is 0.443. The summed E-state index contributed by atoms with van der Waals surface area (Å²) in [5.74, 6) is 0.422. The van der Waals surface area contributed by atoms with Crippen LogP contribution in [0.4, 0.5) is 5.69 Å². The summed E-state index contributed by atoms with van der Waals surface area (Å²) in [5.41, 5.74) is 5.53. The van der Waals surface area contributed by atoms with Gasteiger partial charge >= 0.3 is 0 Å². The maximum Gasteiger partial charge on any atom is 0.194 e. The molecule has 1 aliphatic rings. The molecule has 2 aromatic heterocycles. The smallest absolute Gasteiger partial charge is 0.194 e. The van der Waals surface area contributed by atoms with E-state index in [0.29, 0.717) is 5.92 Å². The maximum atomic E-state index is 7.66. The van der Waals surface area contributed by atoms with Crippen LogP contribution in [0.1, 0.15) is 43.6 Å². The molecule has 1 saturated carbocycles. The van der Waals surface area contributed by atoms with Crippen LogP contribution in [0, 0.1) is 6.57 Å². The van der Waals surface area contributed by atoms with E-state index in [2.05, 4.69) is 28.0 Å². The van der Waals surface area contributed by atoms with Gasteiger partial charge in [0.1, 0.15) is 11.2 Å². The third kappa shape index (κ3) is 2.61. The Kier molecular flexibility index (Phi) is 3.90. The number of para-hydroxylation sites is 1. The van der Waals surface area contributed by atoms with Gasteiger partial charge in [-0.3, -0.25) is 4.98 Å². The van der Waals surface area contributed by atoms with Crippen LogP contribution in [0.15, 0.2) is 59.1 Å². The molecule has 1 aliphatic carbocycles. The van der Waals surface area contributed by atoms with E-state index >= 15 is 0 Å². The van der Waals surface area contributed by atoms with Gasteiger partial charge in [0, 0.05) is 28.1 Å². The number of pyridine rings is 1. The predicted octanol–water partition coefficient (Wildman–Crippen LogP) is 7.25. The lowest BCUT2D eigenvalue weighted by Gasteiger charge is -2.23. The van der Waals surface area contributed by atoms with E-state index in [4.69, 9.17) is 11.0 Å². The average Bonchev–Trinajstić information content (AvgIpc) is 3.13. The first-order chi connectivity index (χ1) is 13.4. The van der Waals surface area contributed by atoms with Gasteiger partial charge in [-0.2, -0.15) is 0 Å².